The van der Waals surface area contributed by atoms with Crippen LogP contribution in [0.25, 0.3) is 0 Å². The first-order valence-electron chi connectivity index (χ1n) is 7.08. The Kier molecular flexibility index (Phi) is 13.4. The highest BCUT2D eigenvalue weighted by Gasteiger charge is 2.12. The summed E-state index contributed by atoms with van der Waals surface area (Å²) < 4.78 is 5.47. The predicted octanol–water partition coefficient (Wildman–Crippen LogP) is 3.80. The van der Waals surface area contributed by atoms with Gasteiger partial charge in [-0.1, -0.05) is 31.1 Å². The molecule has 0 saturated heterocycles. The Morgan fingerprint density at radius 1 is 1.19 bits per heavy atom. The number of methoxy groups -OCH3 is 1. The van der Waals surface area contributed by atoms with E-state index in [0.717, 1.165) is 29.1 Å². The first-order chi connectivity index (χ1) is 9.97. The lowest BCUT2D eigenvalue weighted by atomic mass is 10.0. The van der Waals surface area contributed by atoms with Crippen LogP contribution in [0.5, 0.6) is 0 Å². The number of hydrogen-bond donors (Lipinski definition) is 2. The van der Waals surface area contributed by atoms with Crippen molar-refractivity contribution in [2.24, 2.45) is 0 Å². The fraction of sp³-hybridized carbons (Fsp3) is 0.667. The molecule has 0 aromatic heterocycles. The van der Waals surface area contributed by atoms with Crippen LogP contribution in [-0.4, -0.2) is 35.5 Å². The highest BCUT2D eigenvalue weighted by atomic mass is 79.9. The second-order valence-corrected chi connectivity index (χ2v) is 7.51. The van der Waals surface area contributed by atoms with Crippen molar-refractivity contribution in [3.63, 3.8) is 0 Å². The van der Waals surface area contributed by atoms with Crippen LogP contribution in [-0.2, 0) is 9.53 Å². The molecule has 0 saturated carbocycles. The van der Waals surface area contributed by atoms with Crippen molar-refractivity contribution in [3.05, 3.63) is 21.6 Å². The lowest BCUT2D eigenvalue weighted by Gasteiger charge is -2.14. The standard InChI is InChI=1S/C15H24Br2O4/c1-21-15(20)11-7-6-9-13(19)12(18)8-4-2-3-5-10-14(16)17/h6,9-10,12-13,18-19H,2-5,7-8,11H2,1H3. The van der Waals surface area contributed by atoms with Gasteiger partial charge in [-0.2, -0.15) is 0 Å². The maximum Gasteiger partial charge on any atom is 0.305 e. The zero-order valence-corrected chi connectivity index (χ0v) is 15.5. The summed E-state index contributed by atoms with van der Waals surface area (Å²) in [5, 5.41) is 19.5. The van der Waals surface area contributed by atoms with Gasteiger partial charge in [0.15, 0.2) is 0 Å². The molecule has 4 nitrogen and oxygen atoms in total. The quantitative estimate of drug-likeness (QED) is 0.299. The van der Waals surface area contributed by atoms with Gasteiger partial charge in [-0.15, -0.1) is 0 Å². The first kappa shape index (κ1) is 20.8. The number of halogens is 2. The van der Waals surface area contributed by atoms with Gasteiger partial charge in [0.25, 0.3) is 0 Å². The van der Waals surface area contributed by atoms with Crippen LogP contribution in [0.2, 0.25) is 0 Å². The Balaban J connectivity index is 3.69. The molecule has 0 fully saturated rings. The molecule has 0 aliphatic carbocycles. The molecule has 0 aromatic carbocycles. The summed E-state index contributed by atoms with van der Waals surface area (Å²) in [5.74, 6) is -0.279. The van der Waals surface area contributed by atoms with E-state index in [2.05, 4.69) is 42.7 Å². The van der Waals surface area contributed by atoms with E-state index in [1.165, 1.54) is 13.2 Å². The number of aliphatic hydroxyl groups is 2. The molecule has 0 rings (SSSR count). The molecule has 21 heavy (non-hydrogen) atoms. The molecule has 0 spiro atoms. The van der Waals surface area contributed by atoms with Crippen LogP contribution in [0.3, 0.4) is 0 Å². The van der Waals surface area contributed by atoms with E-state index in [9.17, 15) is 15.0 Å². The van der Waals surface area contributed by atoms with Gasteiger partial charge in [0.2, 0.25) is 0 Å². The number of aliphatic hydroxyl groups excluding tert-OH is 2. The molecule has 0 aliphatic heterocycles. The average Bonchev–Trinajstić information content (AvgIpc) is 2.45. The van der Waals surface area contributed by atoms with Crippen LogP contribution in [0.15, 0.2) is 21.6 Å². The number of carbonyl (C=O) groups excluding carboxylic acids is 1. The van der Waals surface area contributed by atoms with Crippen molar-refractivity contribution in [2.75, 3.05) is 7.11 Å². The number of rotatable bonds is 11. The molecular weight excluding hydrogens is 404 g/mol. The van der Waals surface area contributed by atoms with E-state index >= 15 is 0 Å². The van der Waals surface area contributed by atoms with Crippen molar-refractivity contribution in [1.29, 1.82) is 0 Å². The van der Waals surface area contributed by atoms with Crippen LogP contribution in [0, 0.1) is 0 Å². The van der Waals surface area contributed by atoms with Gasteiger partial charge >= 0.3 is 5.97 Å². The maximum absolute atomic E-state index is 10.9. The van der Waals surface area contributed by atoms with Gasteiger partial charge < -0.3 is 14.9 Å². The topological polar surface area (TPSA) is 66.8 Å². The number of carbonyl (C=O) groups is 1. The second-order valence-electron chi connectivity index (χ2n) is 4.73. The summed E-state index contributed by atoms with van der Waals surface area (Å²) in [6.45, 7) is 0. The van der Waals surface area contributed by atoms with Crippen LogP contribution < -0.4 is 0 Å². The Morgan fingerprint density at radius 2 is 1.90 bits per heavy atom. The summed E-state index contributed by atoms with van der Waals surface area (Å²) >= 11 is 6.59. The van der Waals surface area contributed by atoms with Crippen molar-refractivity contribution in [1.82, 2.24) is 0 Å². The van der Waals surface area contributed by atoms with Crippen molar-refractivity contribution in [2.45, 2.75) is 57.2 Å². The molecular formula is C15H24Br2O4. The average molecular weight is 428 g/mol. The molecule has 6 heteroatoms. The molecule has 0 aliphatic rings. The molecule has 0 radical (unpaired) electrons. The smallest absolute Gasteiger partial charge is 0.305 e. The molecule has 122 valence electrons. The molecule has 2 N–H and O–H groups in total. The summed E-state index contributed by atoms with van der Waals surface area (Å²) in [5.41, 5.74) is 0. The summed E-state index contributed by atoms with van der Waals surface area (Å²) in [7, 11) is 1.34. The number of unbranched alkanes of at least 4 members (excludes halogenated alkanes) is 3. The minimum Gasteiger partial charge on any atom is -0.469 e. The number of ether oxygens (including phenoxy) is 1. The summed E-state index contributed by atoms with van der Waals surface area (Å²) in [6, 6.07) is 0. The third kappa shape index (κ3) is 13.2. The van der Waals surface area contributed by atoms with Gasteiger partial charge in [0.1, 0.15) is 0 Å². The Bertz CT molecular complexity index is 339. The van der Waals surface area contributed by atoms with Gasteiger partial charge in [-0.25, -0.2) is 0 Å². The summed E-state index contributed by atoms with van der Waals surface area (Å²) in [6.07, 6.45) is 8.95. The highest BCUT2D eigenvalue weighted by molar-refractivity contribution is 9.28. The van der Waals surface area contributed by atoms with E-state index in [1.807, 2.05) is 0 Å². The fourth-order valence-corrected chi connectivity index (χ4v) is 2.18. The molecule has 2 unspecified atom stereocenters. The zero-order chi connectivity index (χ0) is 16.1. The van der Waals surface area contributed by atoms with Gasteiger partial charge in [-0.05, 0) is 57.5 Å². The maximum atomic E-state index is 10.9. The molecule has 2 atom stereocenters. The van der Waals surface area contributed by atoms with Gasteiger partial charge in [0.05, 0.1) is 22.7 Å². The van der Waals surface area contributed by atoms with Gasteiger partial charge in [-0.3, -0.25) is 4.79 Å². The van der Waals surface area contributed by atoms with Crippen molar-refractivity contribution < 1.29 is 19.7 Å². The SMILES string of the molecule is COC(=O)CCC=CC(O)C(O)CCCCCC=C(Br)Br. The van der Waals surface area contributed by atoms with Crippen LogP contribution in [0.4, 0.5) is 0 Å². The molecule has 0 aromatic rings. The fourth-order valence-electron chi connectivity index (χ4n) is 1.72. The third-order valence-electron chi connectivity index (χ3n) is 2.97. The largest absolute Gasteiger partial charge is 0.469 e. The molecule has 0 heterocycles. The van der Waals surface area contributed by atoms with Crippen molar-refractivity contribution in [3.8, 4) is 0 Å². The molecule has 0 bridgehead atoms. The zero-order valence-electron chi connectivity index (χ0n) is 12.3. The van der Waals surface area contributed by atoms with E-state index in [0.29, 0.717) is 12.8 Å². The normalized spacial score (nSPS) is 14.0. The summed E-state index contributed by atoms with van der Waals surface area (Å²) in [4.78, 5) is 10.9. The monoisotopic (exact) mass is 426 g/mol. The Morgan fingerprint density at radius 3 is 2.52 bits per heavy atom. The minimum absolute atomic E-state index is 0.279. The van der Waals surface area contributed by atoms with Crippen LogP contribution in [0.1, 0.15) is 44.9 Å². The lowest BCUT2D eigenvalue weighted by Crippen LogP contribution is -2.23. The van der Waals surface area contributed by atoms with Gasteiger partial charge in [0, 0.05) is 6.42 Å². The van der Waals surface area contributed by atoms with Crippen molar-refractivity contribution >= 4 is 37.8 Å². The number of allylic oxidation sites excluding steroid dienone is 2. The van der Waals surface area contributed by atoms with E-state index < -0.39 is 12.2 Å². The second kappa shape index (κ2) is 13.5. The minimum atomic E-state index is -0.876. The highest BCUT2D eigenvalue weighted by Crippen LogP contribution is 2.16. The predicted molar refractivity (Wildman–Crippen MR) is 91.4 cm³/mol. The number of esters is 1. The lowest BCUT2D eigenvalue weighted by molar-refractivity contribution is -0.140. The number of hydrogen-bond acceptors (Lipinski definition) is 4. The van der Waals surface area contributed by atoms with E-state index in [-0.39, 0.29) is 12.4 Å². The first-order valence-corrected chi connectivity index (χ1v) is 8.66. The van der Waals surface area contributed by atoms with Crippen LogP contribution >= 0.6 is 31.9 Å². The molecule has 0 amide bonds. The van der Waals surface area contributed by atoms with E-state index in [1.54, 1.807) is 6.08 Å². The Hall–Kier alpha value is -0.170. The van der Waals surface area contributed by atoms with E-state index in [4.69, 9.17) is 0 Å². The Labute approximate surface area is 143 Å². The third-order valence-corrected chi connectivity index (χ3v) is 3.62.